The van der Waals surface area contributed by atoms with Gasteiger partial charge in [-0.05, 0) is 46.2 Å². The molecule has 8 heteroatoms. The lowest BCUT2D eigenvalue weighted by molar-refractivity contribution is -0.151. The SMILES string of the molecule is C[C@H](NC(=O)OC(C)(C)C)C(=O)O[C@@H](C)[C@@H](C)c1ccccc1C(F)(F)F. The lowest BCUT2D eigenvalue weighted by Crippen LogP contribution is -2.43. The Kier molecular flexibility index (Phi) is 7.28. The first-order valence-electron chi connectivity index (χ1n) is 8.58. The van der Waals surface area contributed by atoms with E-state index in [1.54, 1.807) is 27.7 Å². The smallest absolute Gasteiger partial charge is 0.416 e. The zero-order valence-electron chi connectivity index (χ0n) is 16.3. The number of halogens is 3. The maximum atomic E-state index is 13.2. The summed E-state index contributed by atoms with van der Waals surface area (Å²) in [5.74, 6) is -1.45. The third kappa shape index (κ3) is 7.11. The number of ether oxygens (including phenoxy) is 2. The second-order valence-electron chi connectivity index (χ2n) is 7.38. The minimum atomic E-state index is -4.50. The average Bonchev–Trinajstić information content (AvgIpc) is 2.51. The van der Waals surface area contributed by atoms with Crippen LogP contribution in [-0.4, -0.2) is 29.8 Å². The first kappa shape index (κ1) is 22.8. The topological polar surface area (TPSA) is 64.6 Å². The van der Waals surface area contributed by atoms with Gasteiger partial charge in [-0.15, -0.1) is 0 Å². The highest BCUT2D eigenvalue weighted by Gasteiger charge is 2.36. The van der Waals surface area contributed by atoms with E-state index in [0.717, 1.165) is 6.07 Å². The van der Waals surface area contributed by atoms with Crippen molar-refractivity contribution in [3.8, 4) is 0 Å². The van der Waals surface area contributed by atoms with E-state index in [1.165, 1.54) is 32.0 Å². The number of nitrogens with one attached hydrogen (secondary N) is 1. The van der Waals surface area contributed by atoms with Crippen LogP contribution in [0.1, 0.15) is 58.6 Å². The molecule has 3 atom stereocenters. The van der Waals surface area contributed by atoms with Gasteiger partial charge in [-0.25, -0.2) is 9.59 Å². The molecule has 0 saturated heterocycles. The predicted molar refractivity (Wildman–Crippen MR) is 94.2 cm³/mol. The fourth-order valence-corrected chi connectivity index (χ4v) is 2.34. The third-order valence-electron chi connectivity index (χ3n) is 3.85. The molecule has 0 aliphatic carbocycles. The van der Waals surface area contributed by atoms with Crippen molar-refractivity contribution in [1.82, 2.24) is 5.32 Å². The number of amides is 1. The zero-order valence-corrected chi connectivity index (χ0v) is 16.3. The molecular weight excluding hydrogens is 363 g/mol. The van der Waals surface area contributed by atoms with Gasteiger partial charge in [0.1, 0.15) is 17.7 Å². The standard InChI is InChI=1S/C19H26F3NO4/c1-11(14-9-7-8-10-15(14)19(20,21)22)13(3)26-16(24)12(2)23-17(25)27-18(4,5)6/h7-13H,1-6H3,(H,23,25)/t11-,12+,13+/m1/s1. The molecule has 1 aromatic rings. The molecule has 0 spiro atoms. The van der Waals surface area contributed by atoms with Crippen LogP contribution in [0.15, 0.2) is 24.3 Å². The van der Waals surface area contributed by atoms with Gasteiger partial charge in [0.25, 0.3) is 0 Å². The first-order chi connectivity index (χ1) is 12.2. The number of alkyl halides is 3. The maximum absolute atomic E-state index is 13.2. The molecule has 1 N–H and O–H groups in total. The molecule has 0 aromatic heterocycles. The van der Waals surface area contributed by atoms with Gasteiger partial charge in [-0.3, -0.25) is 0 Å². The highest BCUT2D eigenvalue weighted by atomic mass is 19.4. The quantitative estimate of drug-likeness (QED) is 0.745. The predicted octanol–water partition coefficient (Wildman–Crippen LogP) is 4.65. The van der Waals surface area contributed by atoms with Crippen molar-refractivity contribution in [2.24, 2.45) is 0 Å². The zero-order chi connectivity index (χ0) is 21.0. The van der Waals surface area contributed by atoms with Gasteiger partial charge in [-0.1, -0.05) is 25.1 Å². The van der Waals surface area contributed by atoms with Crippen LogP contribution in [0.2, 0.25) is 0 Å². The average molecular weight is 389 g/mol. The minimum absolute atomic E-state index is 0.0399. The molecule has 0 aliphatic heterocycles. The number of carbonyl (C=O) groups excluding carboxylic acids is 2. The van der Waals surface area contributed by atoms with Crippen LogP contribution in [0, 0.1) is 0 Å². The summed E-state index contributed by atoms with van der Waals surface area (Å²) in [7, 11) is 0. The second kappa shape index (κ2) is 8.63. The normalized spacial score (nSPS) is 15.4. The molecule has 0 aliphatic rings. The molecule has 0 unspecified atom stereocenters. The van der Waals surface area contributed by atoms with E-state index < -0.39 is 47.5 Å². The van der Waals surface area contributed by atoms with Crippen LogP contribution < -0.4 is 5.32 Å². The molecule has 5 nitrogen and oxygen atoms in total. The van der Waals surface area contributed by atoms with Crippen molar-refractivity contribution >= 4 is 12.1 Å². The maximum Gasteiger partial charge on any atom is 0.416 e. The van der Waals surface area contributed by atoms with Gasteiger partial charge >= 0.3 is 18.2 Å². The molecule has 1 rings (SSSR count). The highest BCUT2D eigenvalue weighted by molar-refractivity contribution is 5.81. The van der Waals surface area contributed by atoms with Gasteiger partial charge in [0.15, 0.2) is 0 Å². The number of rotatable bonds is 5. The molecule has 0 radical (unpaired) electrons. The number of hydrogen-bond donors (Lipinski definition) is 1. The molecule has 1 aromatic carbocycles. The lowest BCUT2D eigenvalue weighted by atomic mass is 9.91. The summed E-state index contributed by atoms with van der Waals surface area (Å²) in [6.45, 7) is 9.50. The minimum Gasteiger partial charge on any atom is -0.461 e. The molecule has 1 amide bonds. The fraction of sp³-hybridized carbons (Fsp3) is 0.579. The Morgan fingerprint density at radius 1 is 1.04 bits per heavy atom. The van der Waals surface area contributed by atoms with Crippen molar-refractivity contribution in [2.75, 3.05) is 0 Å². The summed E-state index contributed by atoms with van der Waals surface area (Å²) in [4.78, 5) is 23.9. The molecule has 0 saturated carbocycles. The number of carbonyl (C=O) groups is 2. The van der Waals surface area contributed by atoms with Crippen molar-refractivity contribution < 1.29 is 32.2 Å². The largest absolute Gasteiger partial charge is 0.461 e. The van der Waals surface area contributed by atoms with Crippen LogP contribution in [0.3, 0.4) is 0 Å². The van der Waals surface area contributed by atoms with Crippen LogP contribution in [-0.2, 0) is 20.4 Å². The number of esters is 1. The molecule has 0 bridgehead atoms. The van der Waals surface area contributed by atoms with Crippen LogP contribution in [0.25, 0.3) is 0 Å². The molecule has 0 fully saturated rings. The second-order valence-corrected chi connectivity index (χ2v) is 7.38. The molecule has 0 heterocycles. The Morgan fingerprint density at radius 3 is 2.11 bits per heavy atom. The van der Waals surface area contributed by atoms with E-state index in [1.807, 2.05) is 0 Å². The van der Waals surface area contributed by atoms with Crippen LogP contribution in [0.4, 0.5) is 18.0 Å². The van der Waals surface area contributed by atoms with E-state index in [2.05, 4.69) is 5.32 Å². The van der Waals surface area contributed by atoms with Crippen molar-refractivity contribution in [3.05, 3.63) is 35.4 Å². The van der Waals surface area contributed by atoms with E-state index in [-0.39, 0.29) is 5.56 Å². The summed E-state index contributed by atoms with van der Waals surface area (Å²) in [6, 6.07) is 4.16. The van der Waals surface area contributed by atoms with E-state index in [4.69, 9.17) is 9.47 Å². The van der Waals surface area contributed by atoms with Gasteiger partial charge < -0.3 is 14.8 Å². The Balaban J connectivity index is 2.77. The summed E-state index contributed by atoms with van der Waals surface area (Å²) >= 11 is 0. The van der Waals surface area contributed by atoms with Gasteiger partial charge in [0, 0.05) is 5.92 Å². The summed E-state index contributed by atoms with van der Waals surface area (Å²) in [6.07, 6.45) is -6.11. The number of alkyl carbamates (subject to hydrolysis) is 1. The van der Waals surface area contributed by atoms with Crippen molar-refractivity contribution in [3.63, 3.8) is 0 Å². The summed E-state index contributed by atoms with van der Waals surface area (Å²) in [5, 5.41) is 2.34. The van der Waals surface area contributed by atoms with Crippen LogP contribution in [0.5, 0.6) is 0 Å². The molecule has 152 valence electrons. The summed E-state index contributed by atoms with van der Waals surface area (Å²) < 4.78 is 49.8. The van der Waals surface area contributed by atoms with E-state index in [0.29, 0.717) is 0 Å². The van der Waals surface area contributed by atoms with Gasteiger partial charge in [-0.2, -0.15) is 13.2 Å². The Bertz CT molecular complexity index is 668. The molecular formula is C19H26F3NO4. The fourth-order valence-electron chi connectivity index (χ4n) is 2.34. The Morgan fingerprint density at radius 2 is 1.59 bits per heavy atom. The Hall–Kier alpha value is -2.25. The summed E-state index contributed by atoms with van der Waals surface area (Å²) in [5.41, 5.74) is -1.45. The first-order valence-corrected chi connectivity index (χ1v) is 8.58. The van der Waals surface area contributed by atoms with E-state index in [9.17, 15) is 22.8 Å². The lowest BCUT2D eigenvalue weighted by Gasteiger charge is -2.26. The van der Waals surface area contributed by atoms with Gasteiger partial charge in [0.05, 0.1) is 5.56 Å². The number of hydrogen-bond acceptors (Lipinski definition) is 4. The molecule has 27 heavy (non-hydrogen) atoms. The van der Waals surface area contributed by atoms with Crippen molar-refractivity contribution in [1.29, 1.82) is 0 Å². The Labute approximate surface area is 157 Å². The van der Waals surface area contributed by atoms with Crippen molar-refractivity contribution in [2.45, 2.75) is 71.4 Å². The third-order valence-corrected chi connectivity index (χ3v) is 3.85. The number of benzene rings is 1. The monoisotopic (exact) mass is 389 g/mol. The van der Waals surface area contributed by atoms with Gasteiger partial charge in [0.2, 0.25) is 0 Å². The van der Waals surface area contributed by atoms with Crippen LogP contribution >= 0.6 is 0 Å². The highest BCUT2D eigenvalue weighted by Crippen LogP contribution is 2.36. The van der Waals surface area contributed by atoms with E-state index >= 15 is 0 Å².